The topological polar surface area (TPSA) is 54.0 Å². The van der Waals surface area contributed by atoms with Crippen molar-refractivity contribution in [2.45, 2.75) is 20.5 Å². The zero-order valence-corrected chi connectivity index (χ0v) is 18.7. The van der Waals surface area contributed by atoms with Crippen LogP contribution in [0.1, 0.15) is 35.3 Å². The molecular formula is C27H28O5. The monoisotopic (exact) mass is 432 g/mol. The SMILES string of the molecule is CCOc1ccc(C=CC(=O)c2ccc(OCc3ccccc3)cc2OCC)c(OC)c1. The highest BCUT2D eigenvalue weighted by Gasteiger charge is 2.12. The minimum atomic E-state index is -0.168. The summed E-state index contributed by atoms with van der Waals surface area (Å²) in [6, 6.07) is 20.7. The van der Waals surface area contributed by atoms with Gasteiger partial charge in [-0.05, 0) is 55.8 Å². The van der Waals surface area contributed by atoms with E-state index in [0.717, 1.165) is 16.9 Å². The molecule has 0 amide bonds. The van der Waals surface area contributed by atoms with Crippen molar-refractivity contribution in [3.05, 3.63) is 89.5 Å². The second-order valence-corrected chi connectivity index (χ2v) is 6.90. The van der Waals surface area contributed by atoms with Gasteiger partial charge in [-0.3, -0.25) is 4.79 Å². The van der Waals surface area contributed by atoms with E-state index >= 15 is 0 Å². The van der Waals surface area contributed by atoms with E-state index in [1.807, 2.05) is 56.3 Å². The van der Waals surface area contributed by atoms with Gasteiger partial charge >= 0.3 is 0 Å². The van der Waals surface area contributed by atoms with Crippen LogP contribution in [0.3, 0.4) is 0 Å². The van der Waals surface area contributed by atoms with Crippen molar-refractivity contribution in [1.82, 2.24) is 0 Å². The van der Waals surface area contributed by atoms with Gasteiger partial charge in [0.05, 0.1) is 25.9 Å². The van der Waals surface area contributed by atoms with Crippen molar-refractivity contribution >= 4 is 11.9 Å². The summed E-state index contributed by atoms with van der Waals surface area (Å²) in [6.07, 6.45) is 3.24. The fraction of sp³-hybridized carbons (Fsp3) is 0.222. The van der Waals surface area contributed by atoms with Gasteiger partial charge in [0.2, 0.25) is 0 Å². The number of rotatable bonds is 11. The predicted octanol–water partition coefficient (Wildman–Crippen LogP) is 5.97. The number of methoxy groups -OCH3 is 1. The molecule has 0 radical (unpaired) electrons. The number of carbonyl (C=O) groups is 1. The van der Waals surface area contributed by atoms with Crippen LogP contribution in [0.4, 0.5) is 0 Å². The molecule has 3 aromatic rings. The molecule has 0 aliphatic carbocycles. The normalized spacial score (nSPS) is 10.7. The fourth-order valence-corrected chi connectivity index (χ4v) is 3.15. The Labute approximate surface area is 189 Å². The number of ketones is 1. The van der Waals surface area contributed by atoms with Crippen LogP contribution in [0.25, 0.3) is 6.08 Å². The summed E-state index contributed by atoms with van der Waals surface area (Å²) in [6.45, 7) is 5.26. The third-order valence-corrected chi connectivity index (χ3v) is 4.70. The Morgan fingerprint density at radius 3 is 2.22 bits per heavy atom. The molecule has 0 aromatic heterocycles. The maximum atomic E-state index is 12.9. The molecule has 5 nitrogen and oxygen atoms in total. The van der Waals surface area contributed by atoms with Crippen LogP contribution in [0.5, 0.6) is 23.0 Å². The van der Waals surface area contributed by atoms with Gasteiger partial charge in [0.15, 0.2) is 5.78 Å². The van der Waals surface area contributed by atoms with E-state index in [9.17, 15) is 4.79 Å². The van der Waals surface area contributed by atoms with Crippen molar-refractivity contribution in [2.75, 3.05) is 20.3 Å². The van der Waals surface area contributed by atoms with Crippen LogP contribution in [-0.2, 0) is 6.61 Å². The number of ether oxygens (including phenoxy) is 4. The van der Waals surface area contributed by atoms with Gasteiger partial charge in [-0.1, -0.05) is 30.3 Å². The minimum Gasteiger partial charge on any atom is -0.496 e. The molecule has 0 bridgehead atoms. The highest BCUT2D eigenvalue weighted by molar-refractivity contribution is 6.08. The summed E-state index contributed by atoms with van der Waals surface area (Å²) >= 11 is 0. The molecule has 0 saturated carbocycles. The Morgan fingerprint density at radius 1 is 0.812 bits per heavy atom. The van der Waals surface area contributed by atoms with Crippen molar-refractivity contribution in [1.29, 1.82) is 0 Å². The molecule has 0 fully saturated rings. The van der Waals surface area contributed by atoms with Crippen LogP contribution in [-0.4, -0.2) is 26.1 Å². The molecule has 0 atom stereocenters. The van der Waals surface area contributed by atoms with Crippen LogP contribution in [0.2, 0.25) is 0 Å². The maximum absolute atomic E-state index is 12.9. The summed E-state index contributed by atoms with van der Waals surface area (Å²) in [5.74, 6) is 2.32. The van der Waals surface area contributed by atoms with E-state index in [4.69, 9.17) is 18.9 Å². The van der Waals surface area contributed by atoms with Crippen LogP contribution in [0, 0.1) is 0 Å². The number of benzene rings is 3. The van der Waals surface area contributed by atoms with Gasteiger partial charge in [-0.25, -0.2) is 0 Å². The van der Waals surface area contributed by atoms with Gasteiger partial charge in [-0.15, -0.1) is 0 Å². The molecule has 0 aliphatic heterocycles. The smallest absolute Gasteiger partial charge is 0.189 e. The quantitative estimate of drug-likeness (QED) is 0.276. The number of hydrogen-bond donors (Lipinski definition) is 0. The van der Waals surface area contributed by atoms with E-state index in [2.05, 4.69) is 0 Å². The Hall–Kier alpha value is -3.73. The fourth-order valence-electron chi connectivity index (χ4n) is 3.15. The third kappa shape index (κ3) is 6.14. The second kappa shape index (κ2) is 11.6. The first kappa shape index (κ1) is 22.9. The van der Waals surface area contributed by atoms with Gasteiger partial charge in [0, 0.05) is 17.7 Å². The van der Waals surface area contributed by atoms with Gasteiger partial charge in [-0.2, -0.15) is 0 Å². The predicted molar refractivity (Wildman–Crippen MR) is 126 cm³/mol. The minimum absolute atomic E-state index is 0.168. The zero-order valence-electron chi connectivity index (χ0n) is 18.7. The number of carbonyl (C=O) groups excluding carboxylic acids is 1. The second-order valence-electron chi connectivity index (χ2n) is 6.90. The van der Waals surface area contributed by atoms with E-state index < -0.39 is 0 Å². The molecule has 0 heterocycles. The Morgan fingerprint density at radius 2 is 1.50 bits per heavy atom. The molecule has 5 heteroatoms. The molecule has 3 aromatic carbocycles. The summed E-state index contributed by atoms with van der Waals surface area (Å²) in [5, 5.41) is 0. The van der Waals surface area contributed by atoms with E-state index in [0.29, 0.717) is 42.6 Å². The summed E-state index contributed by atoms with van der Waals surface area (Å²) < 4.78 is 22.5. The molecular weight excluding hydrogens is 404 g/mol. The first-order valence-corrected chi connectivity index (χ1v) is 10.6. The van der Waals surface area contributed by atoms with Crippen molar-refractivity contribution in [3.63, 3.8) is 0 Å². The molecule has 0 spiro atoms. The van der Waals surface area contributed by atoms with Crippen molar-refractivity contribution in [3.8, 4) is 23.0 Å². The number of hydrogen-bond acceptors (Lipinski definition) is 5. The number of allylic oxidation sites excluding steroid dienone is 1. The van der Waals surface area contributed by atoms with Crippen LogP contribution in [0.15, 0.2) is 72.8 Å². The molecule has 166 valence electrons. The summed E-state index contributed by atoms with van der Waals surface area (Å²) in [5.41, 5.74) is 2.32. The lowest BCUT2D eigenvalue weighted by atomic mass is 10.1. The average molecular weight is 433 g/mol. The van der Waals surface area contributed by atoms with E-state index in [1.165, 1.54) is 6.08 Å². The third-order valence-electron chi connectivity index (χ3n) is 4.70. The Kier molecular flexibility index (Phi) is 8.32. The maximum Gasteiger partial charge on any atom is 0.189 e. The standard InChI is InChI=1S/C27H28O5/c1-4-30-22-13-11-21(26(17-22)29-3)12-16-25(28)24-15-14-23(18-27(24)31-5-2)32-19-20-9-7-6-8-10-20/h6-18H,4-5,19H2,1-3H3. The lowest BCUT2D eigenvalue weighted by molar-refractivity contribution is 0.104. The molecule has 0 aliphatic rings. The van der Waals surface area contributed by atoms with Crippen LogP contribution >= 0.6 is 0 Å². The molecule has 0 unspecified atom stereocenters. The van der Waals surface area contributed by atoms with Crippen molar-refractivity contribution < 1.29 is 23.7 Å². The summed E-state index contributed by atoms with van der Waals surface area (Å²) in [7, 11) is 1.59. The van der Waals surface area contributed by atoms with E-state index in [1.54, 1.807) is 37.5 Å². The Balaban J connectivity index is 1.76. The zero-order chi connectivity index (χ0) is 22.8. The van der Waals surface area contributed by atoms with Crippen molar-refractivity contribution in [2.24, 2.45) is 0 Å². The molecule has 3 rings (SSSR count). The van der Waals surface area contributed by atoms with Crippen LogP contribution < -0.4 is 18.9 Å². The molecule has 0 N–H and O–H groups in total. The highest BCUT2D eigenvalue weighted by atomic mass is 16.5. The molecule has 0 saturated heterocycles. The lowest BCUT2D eigenvalue weighted by Crippen LogP contribution is -2.03. The highest BCUT2D eigenvalue weighted by Crippen LogP contribution is 2.28. The largest absolute Gasteiger partial charge is 0.496 e. The molecule has 32 heavy (non-hydrogen) atoms. The van der Waals surface area contributed by atoms with Gasteiger partial charge < -0.3 is 18.9 Å². The van der Waals surface area contributed by atoms with Gasteiger partial charge in [0.1, 0.15) is 29.6 Å². The first-order chi connectivity index (χ1) is 15.6. The lowest BCUT2D eigenvalue weighted by Gasteiger charge is -2.12. The Bertz CT molecular complexity index is 1060. The van der Waals surface area contributed by atoms with Gasteiger partial charge in [0.25, 0.3) is 0 Å². The summed E-state index contributed by atoms with van der Waals surface area (Å²) in [4.78, 5) is 12.9. The average Bonchev–Trinajstić information content (AvgIpc) is 2.83. The van der Waals surface area contributed by atoms with E-state index in [-0.39, 0.29) is 5.78 Å². The first-order valence-electron chi connectivity index (χ1n) is 10.6.